The Morgan fingerprint density at radius 1 is 1.17 bits per heavy atom. The van der Waals surface area contributed by atoms with Gasteiger partial charge < -0.3 is 14.6 Å². The Bertz CT molecular complexity index is 1120. The second-order valence-electron chi connectivity index (χ2n) is 6.47. The van der Waals surface area contributed by atoms with Gasteiger partial charge in [0.2, 0.25) is 11.8 Å². The molecule has 0 spiro atoms. The van der Waals surface area contributed by atoms with Gasteiger partial charge in [-0.25, -0.2) is 4.98 Å². The molecule has 0 fully saturated rings. The quantitative estimate of drug-likeness (QED) is 0.390. The standard InChI is InChI=1S/C20H18ClN5O3S/c21-14-5-3-13(4-6-14)19-23-15(11-29-19)12-30-20-25-24-18(8-7-17(22)27)26(20)10-16-2-1-9-28-16/h1-6,9,11H,7-8,10,12H2,(H2,22,27). The van der Waals surface area contributed by atoms with Crippen molar-refractivity contribution in [2.45, 2.75) is 30.3 Å². The molecule has 30 heavy (non-hydrogen) atoms. The van der Waals surface area contributed by atoms with E-state index in [2.05, 4.69) is 15.2 Å². The summed E-state index contributed by atoms with van der Waals surface area (Å²) in [5, 5.41) is 9.85. The van der Waals surface area contributed by atoms with E-state index in [4.69, 9.17) is 26.2 Å². The minimum atomic E-state index is -0.380. The summed E-state index contributed by atoms with van der Waals surface area (Å²) >= 11 is 7.40. The molecule has 0 atom stereocenters. The van der Waals surface area contributed by atoms with Gasteiger partial charge in [-0.3, -0.25) is 9.36 Å². The second-order valence-corrected chi connectivity index (χ2v) is 7.85. The zero-order chi connectivity index (χ0) is 20.9. The average molecular weight is 444 g/mol. The minimum absolute atomic E-state index is 0.203. The fourth-order valence-corrected chi connectivity index (χ4v) is 3.76. The van der Waals surface area contributed by atoms with E-state index in [1.165, 1.54) is 11.8 Å². The maximum absolute atomic E-state index is 11.2. The Morgan fingerprint density at radius 3 is 2.73 bits per heavy atom. The minimum Gasteiger partial charge on any atom is -0.467 e. The van der Waals surface area contributed by atoms with E-state index in [0.717, 1.165) is 17.0 Å². The molecule has 2 N–H and O–H groups in total. The van der Waals surface area contributed by atoms with Gasteiger partial charge in [0.15, 0.2) is 5.16 Å². The van der Waals surface area contributed by atoms with E-state index in [9.17, 15) is 4.79 Å². The number of aromatic nitrogens is 4. The van der Waals surface area contributed by atoms with E-state index in [0.29, 0.717) is 40.6 Å². The number of carbonyl (C=O) groups excluding carboxylic acids is 1. The van der Waals surface area contributed by atoms with Gasteiger partial charge in [0.25, 0.3) is 0 Å². The predicted molar refractivity (Wildman–Crippen MR) is 112 cm³/mol. The van der Waals surface area contributed by atoms with Crippen LogP contribution in [0.25, 0.3) is 11.5 Å². The van der Waals surface area contributed by atoms with E-state index >= 15 is 0 Å². The van der Waals surface area contributed by atoms with Crippen molar-refractivity contribution >= 4 is 29.3 Å². The first-order valence-electron chi connectivity index (χ1n) is 9.14. The van der Waals surface area contributed by atoms with Crippen LogP contribution < -0.4 is 5.73 Å². The average Bonchev–Trinajstić information content (AvgIpc) is 3.48. The number of benzene rings is 1. The van der Waals surface area contributed by atoms with Crippen LogP contribution in [0.4, 0.5) is 0 Å². The highest BCUT2D eigenvalue weighted by Crippen LogP contribution is 2.26. The van der Waals surface area contributed by atoms with Gasteiger partial charge in [-0.05, 0) is 36.4 Å². The Morgan fingerprint density at radius 2 is 2.00 bits per heavy atom. The van der Waals surface area contributed by atoms with Crippen LogP contribution in [0, 0.1) is 0 Å². The molecule has 1 amide bonds. The lowest BCUT2D eigenvalue weighted by Gasteiger charge is -2.07. The first kappa shape index (κ1) is 20.2. The Labute approximate surface area is 181 Å². The summed E-state index contributed by atoms with van der Waals surface area (Å²) in [6.07, 6.45) is 3.85. The molecule has 3 heterocycles. The van der Waals surface area contributed by atoms with Crippen LogP contribution >= 0.6 is 23.4 Å². The Balaban J connectivity index is 1.48. The molecule has 3 aromatic heterocycles. The number of aryl methyl sites for hydroxylation is 1. The Hall–Kier alpha value is -3.04. The number of rotatable bonds is 9. The third-order valence-corrected chi connectivity index (χ3v) is 5.53. The third-order valence-electron chi connectivity index (χ3n) is 4.27. The van der Waals surface area contributed by atoms with E-state index in [1.807, 2.05) is 28.8 Å². The first-order valence-corrected chi connectivity index (χ1v) is 10.5. The highest BCUT2D eigenvalue weighted by molar-refractivity contribution is 7.98. The summed E-state index contributed by atoms with van der Waals surface area (Å²) in [4.78, 5) is 15.7. The number of amides is 1. The monoisotopic (exact) mass is 443 g/mol. The molecule has 0 aliphatic rings. The second kappa shape index (κ2) is 9.19. The predicted octanol–water partition coefficient (Wildman–Crippen LogP) is 3.94. The van der Waals surface area contributed by atoms with Crippen molar-refractivity contribution in [3.8, 4) is 11.5 Å². The molecule has 154 valence electrons. The number of hydrogen-bond acceptors (Lipinski definition) is 7. The van der Waals surface area contributed by atoms with Gasteiger partial charge in [-0.15, -0.1) is 10.2 Å². The zero-order valence-electron chi connectivity index (χ0n) is 15.8. The van der Waals surface area contributed by atoms with Gasteiger partial charge >= 0.3 is 0 Å². The lowest BCUT2D eigenvalue weighted by Crippen LogP contribution is -2.14. The summed E-state index contributed by atoms with van der Waals surface area (Å²) in [5.74, 6) is 2.14. The molecule has 8 nitrogen and oxygen atoms in total. The van der Waals surface area contributed by atoms with Gasteiger partial charge in [0.05, 0.1) is 18.5 Å². The van der Waals surface area contributed by atoms with Crippen LogP contribution in [0.3, 0.4) is 0 Å². The number of furan rings is 1. The number of primary amides is 1. The maximum Gasteiger partial charge on any atom is 0.226 e. The topological polar surface area (TPSA) is 113 Å². The molecule has 4 rings (SSSR count). The number of hydrogen-bond donors (Lipinski definition) is 1. The number of carbonyl (C=O) groups is 1. The number of nitrogens with two attached hydrogens (primary N) is 1. The van der Waals surface area contributed by atoms with Crippen molar-refractivity contribution in [3.05, 3.63) is 71.2 Å². The van der Waals surface area contributed by atoms with Gasteiger partial charge in [0.1, 0.15) is 17.8 Å². The fourth-order valence-electron chi connectivity index (χ4n) is 2.80. The molecule has 0 aliphatic carbocycles. The summed E-state index contributed by atoms with van der Waals surface area (Å²) in [6.45, 7) is 0.464. The van der Waals surface area contributed by atoms with Crippen molar-refractivity contribution in [1.29, 1.82) is 0 Å². The van der Waals surface area contributed by atoms with E-state index in [-0.39, 0.29) is 12.3 Å². The van der Waals surface area contributed by atoms with Crippen LogP contribution in [-0.2, 0) is 23.5 Å². The van der Waals surface area contributed by atoms with Crippen LogP contribution in [0.1, 0.15) is 23.7 Å². The van der Waals surface area contributed by atoms with Crippen molar-refractivity contribution in [3.63, 3.8) is 0 Å². The number of thioether (sulfide) groups is 1. The molecule has 0 saturated heterocycles. The van der Waals surface area contributed by atoms with Crippen LogP contribution in [0.15, 0.2) is 62.9 Å². The molecule has 10 heteroatoms. The summed E-state index contributed by atoms with van der Waals surface area (Å²) in [7, 11) is 0. The van der Waals surface area contributed by atoms with E-state index in [1.54, 1.807) is 24.7 Å². The van der Waals surface area contributed by atoms with Crippen LogP contribution in [0.5, 0.6) is 0 Å². The highest BCUT2D eigenvalue weighted by atomic mass is 35.5. The molecule has 0 aliphatic heterocycles. The summed E-state index contributed by atoms with van der Waals surface area (Å²) in [5.41, 5.74) is 6.91. The SMILES string of the molecule is NC(=O)CCc1nnc(SCc2coc(-c3ccc(Cl)cc3)n2)n1Cc1ccco1. The first-order chi connectivity index (χ1) is 14.6. The molecular formula is C20H18ClN5O3S. The number of nitrogens with zero attached hydrogens (tertiary/aromatic N) is 4. The van der Waals surface area contributed by atoms with Gasteiger partial charge in [-0.1, -0.05) is 23.4 Å². The normalized spacial score (nSPS) is 11.1. The summed E-state index contributed by atoms with van der Waals surface area (Å²) < 4.78 is 13.0. The lowest BCUT2D eigenvalue weighted by molar-refractivity contribution is -0.118. The fraction of sp³-hybridized carbons (Fsp3) is 0.200. The zero-order valence-corrected chi connectivity index (χ0v) is 17.4. The molecule has 0 radical (unpaired) electrons. The smallest absolute Gasteiger partial charge is 0.226 e. The molecule has 0 unspecified atom stereocenters. The third kappa shape index (κ3) is 4.92. The molecule has 0 saturated carbocycles. The van der Waals surface area contributed by atoms with Crippen LogP contribution in [0.2, 0.25) is 5.02 Å². The molecule has 4 aromatic rings. The largest absolute Gasteiger partial charge is 0.467 e. The van der Waals surface area contributed by atoms with E-state index < -0.39 is 0 Å². The number of oxazole rings is 1. The van der Waals surface area contributed by atoms with Crippen molar-refractivity contribution in [2.24, 2.45) is 5.73 Å². The maximum atomic E-state index is 11.2. The van der Waals surface area contributed by atoms with Gasteiger partial charge in [0, 0.05) is 29.2 Å². The molecular weight excluding hydrogens is 426 g/mol. The molecule has 0 bridgehead atoms. The van der Waals surface area contributed by atoms with Crippen molar-refractivity contribution in [1.82, 2.24) is 19.7 Å². The summed E-state index contributed by atoms with van der Waals surface area (Å²) in [6, 6.07) is 11.0. The van der Waals surface area contributed by atoms with Crippen molar-refractivity contribution < 1.29 is 13.6 Å². The number of halogens is 1. The molecule has 1 aromatic carbocycles. The lowest BCUT2D eigenvalue weighted by atomic mass is 10.2. The van der Waals surface area contributed by atoms with Crippen molar-refractivity contribution in [2.75, 3.05) is 0 Å². The van der Waals surface area contributed by atoms with Gasteiger partial charge in [-0.2, -0.15) is 0 Å². The Kier molecular flexibility index (Phi) is 6.20. The highest BCUT2D eigenvalue weighted by Gasteiger charge is 2.16. The van der Waals surface area contributed by atoms with Crippen LogP contribution in [-0.4, -0.2) is 25.7 Å².